The Morgan fingerprint density at radius 2 is 2.10 bits per heavy atom. The molecular weight excluding hydrogens is 219 g/mol. The molecule has 1 rings (SSSR count). The van der Waals surface area contributed by atoms with E-state index in [0.717, 1.165) is 10.7 Å². The Bertz CT molecular complexity index is 195. The van der Waals surface area contributed by atoms with Crippen LogP contribution in [0.4, 0.5) is 0 Å². The van der Waals surface area contributed by atoms with Gasteiger partial charge >= 0.3 is 0 Å². The predicted molar refractivity (Wildman–Crippen MR) is 39.8 cm³/mol. The zero-order valence-electron chi connectivity index (χ0n) is 6.51. The number of hydrogen-bond acceptors (Lipinski definition) is 2. The summed E-state index contributed by atoms with van der Waals surface area (Å²) in [5.41, 5.74) is 1.09. The van der Waals surface area contributed by atoms with Gasteiger partial charge in [-0.2, -0.15) is 5.38 Å². The van der Waals surface area contributed by atoms with Crippen LogP contribution in [0, 0.1) is 12.3 Å². The Hall–Kier alpha value is 0.734. The Morgan fingerprint density at radius 1 is 1.50 bits per heavy atom. The van der Waals surface area contributed by atoms with Gasteiger partial charge in [0.25, 0.3) is 0 Å². The van der Waals surface area contributed by atoms with Gasteiger partial charge in [0, 0.05) is 32.7 Å². The third kappa shape index (κ3) is 2.77. The topological polar surface area (TPSA) is 12.9 Å². The molecule has 3 heteroatoms. The molecule has 0 spiro atoms. The van der Waals surface area contributed by atoms with Crippen LogP contribution in [-0.2, 0) is 32.7 Å². The van der Waals surface area contributed by atoms with Crippen molar-refractivity contribution in [3.63, 3.8) is 0 Å². The molecule has 1 aromatic heterocycles. The van der Waals surface area contributed by atoms with Crippen molar-refractivity contribution in [3.8, 4) is 0 Å². The molecule has 1 aromatic rings. The smallest absolute Gasteiger partial charge is 0 e. The number of thiazole rings is 1. The molecule has 0 saturated heterocycles. The van der Waals surface area contributed by atoms with Crippen molar-refractivity contribution >= 4 is 11.3 Å². The van der Waals surface area contributed by atoms with Crippen molar-refractivity contribution in [3.05, 3.63) is 16.1 Å². The van der Waals surface area contributed by atoms with E-state index in [2.05, 4.69) is 24.2 Å². The van der Waals surface area contributed by atoms with Crippen LogP contribution >= 0.6 is 11.3 Å². The molecule has 1 nitrogen and oxygen atoms in total. The third-order valence-corrected chi connectivity index (χ3v) is 1.83. The molecule has 0 aliphatic carbocycles. The minimum atomic E-state index is 0. The first-order valence-electron chi connectivity index (χ1n) is 3.05. The van der Waals surface area contributed by atoms with Gasteiger partial charge in [0.2, 0.25) is 0 Å². The quantitative estimate of drug-likeness (QED) is 0.673. The summed E-state index contributed by atoms with van der Waals surface area (Å²) in [6.07, 6.45) is 0. The van der Waals surface area contributed by atoms with Crippen molar-refractivity contribution in [1.29, 1.82) is 0 Å². The van der Waals surface area contributed by atoms with Gasteiger partial charge in [-0.25, -0.2) is 0 Å². The molecule has 0 aliphatic heterocycles. The van der Waals surface area contributed by atoms with Gasteiger partial charge in [-0.05, 0) is 5.92 Å². The average Bonchev–Trinajstić information content (AvgIpc) is 2.14. The Balaban J connectivity index is 0.000000810. The first-order valence-corrected chi connectivity index (χ1v) is 3.87. The van der Waals surface area contributed by atoms with Gasteiger partial charge in [0.05, 0.1) is 0 Å². The molecule has 0 N–H and O–H groups in total. The van der Waals surface area contributed by atoms with Crippen LogP contribution in [0.1, 0.15) is 30.5 Å². The molecule has 0 aromatic carbocycles. The molecule has 10 heavy (non-hydrogen) atoms. The van der Waals surface area contributed by atoms with Crippen molar-refractivity contribution in [2.24, 2.45) is 0 Å². The summed E-state index contributed by atoms with van der Waals surface area (Å²) in [4.78, 5) is 4.27. The molecule has 0 unspecified atom stereocenters. The molecule has 1 heterocycles. The molecule has 0 atom stereocenters. The number of hydrogen-bond donors (Lipinski definition) is 0. The second-order valence-electron chi connectivity index (χ2n) is 2.37. The fraction of sp³-hybridized carbons (Fsp3) is 0.571. The number of aryl methyl sites for hydroxylation is 1. The van der Waals surface area contributed by atoms with Crippen LogP contribution in [0.15, 0.2) is 0 Å². The van der Waals surface area contributed by atoms with Gasteiger partial charge in [0.15, 0.2) is 0 Å². The van der Waals surface area contributed by atoms with Gasteiger partial charge in [-0.15, -0.1) is 0 Å². The second-order valence-corrected chi connectivity index (χ2v) is 3.37. The number of rotatable bonds is 1. The number of aromatic nitrogens is 1. The van der Waals surface area contributed by atoms with E-state index in [1.54, 1.807) is 11.3 Å². The van der Waals surface area contributed by atoms with E-state index in [1.165, 1.54) is 0 Å². The third-order valence-electron chi connectivity index (χ3n) is 1.13. The number of nitrogens with zero attached hydrogens (tertiary/aromatic N) is 1. The van der Waals surface area contributed by atoms with E-state index in [4.69, 9.17) is 0 Å². The minimum absolute atomic E-state index is 0. The molecule has 0 bridgehead atoms. The van der Waals surface area contributed by atoms with Gasteiger partial charge in [0.1, 0.15) is 0 Å². The summed E-state index contributed by atoms with van der Waals surface area (Å²) in [7, 11) is 0. The SMILES string of the molecule is Cc1nc(C(C)C)[c-]s1.[Y]. The van der Waals surface area contributed by atoms with E-state index >= 15 is 0 Å². The summed E-state index contributed by atoms with van der Waals surface area (Å²) >= 11 is 1.60. The molecule has 53 valence electrons. The molecular formula is C7H10NSY-. The summed E-state index contributed by atoms with van der Waals surface area (Å²) in [6, 6.07) is 0. The first kappa shape index (κ1) is 10.7. The molecule has 0 fully saturated rings. The van der Waals surface area contributed by atoms with Crippen molar-refractivity contribution in [2.45, 2.75) is 26.7 Å². The molecule has 0 amide bonds. The van der Waals surface area contributed by atoms with E-state index in [1.807, 2.05) is 6.92 Å². The monoisotopic (exact) mass is 229 g/mol. The standard InChI is InChI=1S/C7H10NS.Y/c1-5(2)7-4-9-6(3)8-7;/h5H,1-3H3;/q-1;. The zero-order valence-corrected chi connectivity index (χ0v) is 10.2. The van der Waals surface area contributed by atoms with Crippen LogP contribution < -0.4 is 0 Å². The first-order chi connectivity index (χ1) is 4.20. The maximum absolute atomic E-state index is 4.27. The normalized spacial score (nSPS) is 9.60. The summed E-state index contributed by atoms with van der Waals surface area (Å²) < 4.78 is 0. The van der Waals surface area contributed by atoms with Crippen molar-refractivity contribution < 1.29 is 32.7 Å². The summed E-state index contributed by atoms with van der Waals surface area (Å²) in [5, 5.41) is 4.25. The molecule has 0 saturated carbocycles. The fourth-order valence-electron chi connectivity index (χ4n) is 0.588. The minimum Gasteiger partial charge on any atom is -0.361 e. The van der Waals surface area contributed by atoms with E-state index in [-0.39, 0.29) is 32.7 Å². The Kier molecular flexibility index (Phi) is 4.92. The van der Waals surface area contributed by atoms with Gasteiger partial charge < -0.3 is 16.3 Å². The van der Waals surface area contributed by atoms with Crippen LogP contribution in [0.5, 0.6) is 0 Å². The van der Waals surface area contributed by atoms with Crippen molar-refractivity contribution in [1.82, 2.24) is 4.98 Å². The Morgan fingerprint density at radius 3 is 2.30 bits per heavy atom. The zero-order chi connectivity index (χ0) is 6.85. The molecule has 0 aliphatic rings. The largest absolute Gasteiger partial charge is 0.361 e. The van der Waals surface area contributed by atoms with Crippen LogP contribution in [-0.4, -0.2) is 4.98 Å². The Labute approximate surface area is 91.1 Å². The predicted octanol–water partition coefficient (Wildman–Crippen LogP) is 2.37. The maximum Gasteiger partial charge on any atom is 0 e. The van der Waals surface area contributed by atoms with E-state index in [0.29, 0.717) is 5.92 Å². The fourth-order valence-corrected chi connectivity index (χ4v) is 1.27. The van der Waals surface area contributed by atoms with Crippen LogP contribution in [0.25, 0.3) is 0 Å². The summed E-state index contributed by atoms with van der Waals surface area (Å²) in [6.45, 7) is 6.27. The average molecular weight is 229 g/mol. The van der Waals surface area contributed by atoms with Crippen LogP contribution in [0.2, 0.25) is 0 Å². The van der Waals surface area contributed by atoms with Gasteiger partial charge in [-0.3, -0.25) is 0 Å². The van der Waals surface area contributed by atoms with Crippen molar-refractivity contribution in [2.75, 3.05) is 0 Å². The van der Waals surface area contributed by atoms with Crippen LogP contribution in [0.3, 0.4) is 0 Å². The summed E-state index contributed by atoms with van der Waals surface area (Å²) in [5.74, 6) is 0.523. The molecule has 1 radical (unpaired) electrons. The van der Waals surface area contributed by atoms with E-state index in [9.17, 15) is 0 Å². The van der Waals surface area contributed by atoms with E-state index < -0.39 is 0 Å². The maximum atomic E-state index is 4.27. The second kappa shape index (κ2) is 4.58. The van der Waals surface area contributed by atoms with Gasteiger partial charge in [-0.1, -0.05) is 31.5 Å².